The molecule has 2 atom stereocenters. The Morgan fingerprint density at radius 1 is 0.739 bits per heavy atom. The number of rotatable bonds is 4. The van der Waals surface area contributed by atoms with Crippen LogP contribution in [0.2, 0.25) is 0 Å². The molecule has 1 aliphatic carbocycles. The van der Waals surface area contributed by atoms with Crippen molar-refractivity contribution in [3.8, 4) is 0 Å². The third-order valence-corrected chi connectivity index (χ3v) is 3.33. The van der Waals surface area contributed by atoms with E-state index in [9.17, 15) is 19.2 Å². The fourth-order valence-corrected chi connectivity index (χ4v) is 2.82. The first kappa shape index (κ1) is 18.9. The molecule has 1 saturated carbocycles. The van der Waals surface area contributed by atoms with Crippen molar-refractivity contribution < 1.29 is 38.1 Å². The molecule has 8 heteroatoms. The first-order valence-electron chi connectivity index (χ1n) is 7.23. The number of ether oxygens (including phenoxy) is 4. The van der Waals surface area contributed by atoms with Crippen molar-refractivity contribution in [2.45, 2.75) is 71.4 Å². The monoisotopic (exact) mass is 330 g/mol. The average molecular weight is 330 g/mol. The topological polar surface area (TPSA) is 105 Å². The Bertz CT molecular complexity index is 472. The van der Waals surface area contributed by atoms with Crippen LogP contribution in [0.1, 0.15) is 47.5 Å². The van der Waals surface area contributed by atoms with Crippen LogP contribution in [0.25, 0.3) is 0 Å². The number of carbonyl (C=O) groups is 4. The summed E-state index contributed by atoms with van der Waals surface area (Å²) < 4.78 is 20.9. The normalized spacial score (nSPS) is 30.0. The van der Waals surface area contributed by atoms with Gasteiger partial charge in [-0.3, -0.25) is 19.2 Å². The summed E-state index contributed by atoms with van der Waals surface area (Å²) >= 11 is 0. The highest BCUT2D eigenvalue weighted by Gasteiger charge is 2.50. The van der Waals surface area contributed by atoms with E-state index in [4.69, 9.17) is 18.9 Å². The molecule has 130 valence electrons. The van der Waals surface area contributed by atoms with Crippen molar-refractivity contribution in [3.05, 3.63) is 0 Å². The van der Waals surface area contributed by atoms with Crippen LogP contribution in [-0.4, -0.2) is 47.8 Å². The maximum Gasteiger partial charge on any atom is 0.303 e. The molecule has 0 unspecified atom stereocenters. The van der Waals surface area contributed by atoms with Gasteiger partial charge in [0.25, 0.3) is 0 Å². The van der Waals surface area contributed by atoms with E-state index in [0.717, 1.165) is 0 Å². The molecule has 1 rings (SSSR count). The molecule has 23 heavy (non-hydrogen) atoms. The summed E-state index contributed by atoms with van der Waals surface area (Å²) in [5, 5.41) is 0. The summed E-state index contributed by atoms with van der Waals surface area (Å²) in [7, 11) is 0. The minimum atomic E-state index is -1.01. The molecule has 0 aromatic carbocycles. The van der Waals surface area contributed by atoms with Gasteiger partial charge in [-0.05, 0) is 6.92 Å². The molecule has 0 aromatic rings. The Hall–Kier alpha value is -2.12. The van der Waals surface area contributed by atoms with Crippen LogP contribution in [-0.2, 0) is 38.1 Å². The van der Waals surface area contributed by atoms with Crippen LogP contribution in [0.15, 0.2) is 0 Å². The minimum Gasteiger partial charge on any atom is -0.459 e. The largest absolute Gasteiger partial charge is 0.459 e. The third kappa shape index (κ3) is 5.88. The summed E-state index contributed by atoms with van der Waals surface area (Å²) in [6.07, 6.45) is -2.48. The molecule has 0 bridgehead atoms. The molecular formula is C15H22O8. The van der Waals surface area contributed by atoms with Crippen LogP contribution in [0.3, 0.4) is 0 Å². The van der Waals surface area contributed by atoms with Crippen LogP contribution < -0.4 is 0 Å². The lowest BCUT2D eigenvalue weighted by Gasteiger charge is -2.44. The van der Waals surface area contributed by atoms with E-state index >= 15 is 0 Å². The lowest BCUT2D eigenvalue weighted by atomic mass is 9.80. The lowest BCUT2D eigenvalue weighted by Crippen LogP contribution is -2.56. The molecule has 1 fully saturated rings. The molecule has 0 heterocycles. The number of carbonyl (C=O) groups excluding carboxylic acids is 4. The zero-order valence-corrected chi connectivity index (χ0v) is 13.9. The highest BCUT2D eigenvalue weighted by atomic mass is 16.6. The van der Waals surface area contributed by atoms with Crippen molar-refractivity contribution in [3.63, 3.8) is 0 Å². The van der Waals surface area contributed by atoms with E-state index in [1.54, 1.807) is 6.92 Å². The average Bonchev–Trinajstić information content (AvgIpc) is 2.30. The maximum absolute atomic E-state index is 11.3. The number of hydrogen-bond donors (Lipinski definition) is 0. The number of esters is 4. The molecule has 0 amide bonds. The van der Waals surface area contributed by atoms with Crippen LogP contribution >= 0.6 is 0 Å². The van der Waals surface area contributed by atoms with Crippen LogP contribution in [0.4, 0.5) is 0 Å². The smallest absolute Gasteiger partial charge is 0.303 e. The van der Waals surface area contributed by atoms with Gasteiger partial charge in [0.1, 0.15) is 17.8 Å². The van der Waals surface area contributed by atoms with Crippen molar-refractivity contribution in [2.24, 2.45) is 0 Å². The van der Waals surface area contributed by atoms with E-state index in [1.165, 1.54) is 27.7 Å². The number of hydrogen-bond acceptors (Lipinski definition) is 8. The Balaban J connectivity index is 3.11. The highest BCUT2D eigenvalue weighted by molar-refractivity contribution is 5.69. The second-order valence-electron chi connectivity index (χ2n) is 5.82. The van der Waals surface area contributed by atoms with Crippen LogP contribution in [0.5, 0.6) is 0 Å². The van der Waals surface area contributed by atoms with Gasteiger partial charge in [-0.2, -0.15) is 0 Å². The quantitative estimate of drug-likeness (QED) is 0.553. The van der Waals surface area contributed by atoms with Gasteiger partial charge in [0.2, 0.25) is 0 Å². The first-order chi connectivity index (χ1) is 10.5. The Labute approximate surface area is 134 Å². The van der Waals surface area contributed by atoms with Crippen molar-refractivity contribution in [1.29, 1.82) is 0 Å². The minimum absolute atomic E-state index is 0.127. The zero-order valence-electron chi connectivity index (χ0n) is 13.9. The molecule has 0 spiro atoms. The lowest BCUT2D eigenvalue weighted by molar-refractivity contribution is -0.212. The maximum atomic E-state index is 11.3. The molecule has 0 saturated heterocycles. The van der Waals surface area contributed by atoms with E-state index in [0.29, 0.717) is 0 Å². The first-order valence-corrected chi connectivity index (χ1v) is 7.23. The summed E-state index contributed by atoms with van der Waals surface area (Å²) in [6, 6.07) is 0. The van der Waals surface area contributed by atoms with E-state index in [1.807, 2.05) is 0 Å². The van der Waals surface area contributed by atoms with Gasteiger partial charge in [0, 0.05) is 40.5 Å². The molecule has 1 aliphatic rings. The Morgan fingerprint density at radius 2 is 1.13 bits per heavy atom. The molecule has 0 radical (unpaired) electrons. The Morgan fingerprint density at radius 3 is 1.43 bits per heavy atom. The van der Waals surface area contributed by atoms with Gasteiger partial charge in [-0.1, -0.05) is 0 Å². The van der Waals surface area contributed by atoms with Crippen molar-refractivity contribution in [1.82, 2.24) is 0 Å². The van der Waals surface area contributed by atoms with Gasteiger partial charge >= 0.3 is 23.9 Å². The fourth-order valence-electron chi connectivity index (χ4n) is 2.82. The van der Waals surface area contributed by atoms with Crippen LogP contribution in [0, 0.1) is 0 Å². The van der Waals surface area contributed by atoms with Gasteiger partial charge in [-0.15, -0.1) is 0 Å². The zero-order chi connectivity index (χ0) is 17.8. The second-order valence-corrected chi connectivity index (χ2v) is 5.82. The fraction of sp³-hybridized carbons (Fsp3) is 0.733. The predicted octanol–water partition coefficient (Wildman–Crippen LogP) is 0.897. The summed E-state index contributed by atoms with van der Waals surface area (Å²) in [5.41, 5.74) is -1.01. The van der Waals surface area contributed by atoms with Gasteiger partial charge < -0.3 is 18.9 Å². The molecule has 8 nitrogen and oxygen atoms in total. The third-order valence-electron chi connectivity index (χ3n) is 3.33. The molecule has 0 aliphatic heterocycles. The molecule has 0 aromatic heterocycles. The van der Waals surface area contributed by atoms with Gasteiger partial charge in [0.15, 0.2) is 6.10 Å². The predicted molar refractivity (Wildman–Crippen MR) is 76.1 cm³/mol. The van der Waals surface area contributed by atoms with E-state index in [2.05, 4.69) is 0 Å². The molecular weight excluding hydrogens is 308 g/mol. The summed E-state index contributed by atoms with van der Waals surface area (Å²) in [5.74, 6) is -2.27. The van der Waals surface area contributed by atoms with Crippen molar-refractivity contribution >= 4 is 23.9 Å². The van der Waals surface area contributed by atoms with Gasteiger partial charge in [0.05, 0.1) is 0 Å². The van der Waals surface area contributed by atoms with E-state index < -0.39 is 47.8 Å². The SMILES string of the molecule is CC(=O)OC1[C@H](OC(C)=O)CC(C)(OC(C)=O)C[C@H]1OC(C)=O. The summed E-state index contributed by atoms with van der Waals surface area (Å²) in [6.45, 7) is 6.53. The Kier molecular flexibility index (Phi) is 6.12. The van der Waals surface area contributed by atoms with Gasteiger partial charge in [-0.25, -0.2) is 0 Å². The molecule has 0 N–H and O–H groups in total. The van der Waals surface area contributed by atoms with E-state index in [-0.39, 0.29) is 12.8 Å². The standard InChI is InChI=1S/C15H22O8/c1-8(16)20-12-6-15(5,23-11(4)19)7-13(21-9(2)17)14(12)22-10(3)18/h12-14H,6-7H2,1-5H3/t12-,13-,14?,15?/m1/s1. The second kappa shape index (κ2) is 7.43. The summed E-state index contributed by atoms with van der Waals surface area (Å²) in [4.78, 5) is 45.3. The van der Waals surface area contributed by atoms with Crippen molar-refractivity contribution in [2.75, 3.05) is 0 Å². The highest BCUT2D eigenvalue weighted by Crippen LogP contribution is 2.36.